The van der Waals surface area contributed by atoms with E-state index in [-0.39, 0.29) is 37.3 Å². The molecule has 0 rings (SSSR count). The van der Waals surface area contributed by atoms with Gasteiger partial charge in [0.25, 0.3) is 0 Å². The minimum absolute atomic E-state index is 0. The number of hydrogen-bond donors (Lipinski definition) is 4. The summed E-state index contributed by atoms with van der Waals surface area (Å²) in [5.41, 5.74) is 10.5. The fourth-order valence-electron chi connectivity index (χ4n) is 0.881. The number of nitrogens with two attached hydrogens (primary N) is 2. The van der Waals surface area contributed by atoms with Crippen molar-refractivity contribution in [3.05, 3.63) is 0 Å². The minimum Gasteiger partial charge on any atom is -0.480 e. The molecule has 0 saturated carbocycles. The van der Waals surface area contributed by atoms with E-state index in [1.165, 1.54) is 0 Å². The molecule has 0 heterocycles. The van der Waals surface area contributed by atoms with Crippen LogP contribution >= 0.6 is 24.8 Å². The van der Waals surface area contributed by atoms with Crippen molar-refractivity contribution in [2.75, 3.05) is 6.54 Å². The number of hydrogen-bond acceptors (Lipinski definition) is 4. The largest absolute Gasteiger partial charge is 0.480 e. The van der Waals surface area contributed by atoms with Crippen molar-refractivity contribution in [1.82, 2.24) is 5.32 Å². The van der Waals surface area contributed by atoms with Crippen molar-refractivity contribution in [3.8, 4) is 0 Å². The molecular weight excluding hydrogens is 257 g/mol. The maximum absolute atomic E-state index is 11.2. The Hall–Kier alpha value is -0.560. The second kappa shape index (κ2) is 9.65. The number of carboxylic acid groups (broad SMARTS) is 1. The van der Waals surface area contributed by atoms with Crippen molar-refractivity contribution < 1.29 is 14.7 Å². The molecule has 0 spiro atoms. The average Bonchev–Trinajstić information content (AvgIpc) is 2.11. The van der Waals surface area contributed by atoms with E-state index in [1.807, 2.05) is 0 Å². The molecule has 0 saturated heterocycles. The van der Waals surface area contributed by atoms with Gasteiger partial charge >= 0.3 is 5.97 Å². The lowest BCUT2D eigenvalue weighted by molar-refractivity contribution is -0.143. The summed E-state index contributed by atoms with van der Waals surface area (Å²) in [6.45, 7) is 3.40. The summed E-state index contributed by atoms with van der Waals surface area (Å²) in [7, 11) is 0. The molecular formula is C8H19Cl2N3O3. The number of aliphatic carboxylic acids is 1. The predicted molar refractivity (Wildman–Crippen MR) is 65.9 cm³/mol. The first-order valence-corrected chi connectivity index (χ1v) is 4.39. The van der Waals surface area contributed by atoms with Crippen LogP contribution in [0.4, 0.5) is 0 Å². The molecule has 98 valence electrons. The van der Waals surface area contributed by atoms with Crippen LogP contribution < -0.4 is 16.8 Å². The third kappa shape index (κ3) is 6.84. The Bertz CT molecular complexity index is 227. The molecule has 0 unspecified atom stereocenters. The van der Waals surface area contributed by atoms with Gasteiger partial charge < -0.3 is 21.9 Å². The van der Waals surface area contributed by atoms with Gasteiger partial charge in [-0.1, -0.05) is 13.8 Å². The molecule has 0 radical (unpaired) electrons. The van der Waals surface area contributed by atoms with Crippen LogP contribution in [-0.4, -0.2) is 35.6 Å². The first kappa shape index (κ1) is 20.8. The molecule has 0 aromatic heterocycles. The molecule has 0 aliphatic carbocycles. The van der Waals surface area contributed by atoms with Gasteiger partial charge in [0.05, 0.1) is 6.04 Å². The topological polar surface area (TPSA) is 118 Å². The van der Waals surface area contributed by atoms with Crippen LogP contribution in [0.1, 0.15) is 13.8 Å². The lowest BCUT2D eigenvalue weighted by Crippen LogP contribution is -2.52. The number of carbonyl (C=O) groups is 2. The van der Waals surface area contributed by atoms with E-state index in [2.05, 4.69) is 5.32 Å². The maximum Gasteiger partial charge on any atom is 0.326 e. The van der Waals surface area contributed by atoms with Gasteiger partial charge in [0.15, 0.2) is 0 Å². The van der Waals surface area contributed by atoms with E-state index in [0.717, 1.165) is 0 Å². The Morgan fingerprint density at radius 1 is 1.31 bits per heavy atom. The Balaban J connectivity index is -0.000000845. The molecule has 8 heteroatoms. The van der Waals surface area contributed by atoms with Crippen LogP contribution in [0.5, 0.6) is 0 Å². The highest BCUT2D eigenvalue weighted by atomic mass is 35.5. The third-order valence-electron chi connectivity index (χ3n) is 1.82. The van der Waals surface area contributed by atoms with E-state index in [0.29, 0.717) is 0 Å². The normalized spacial score (nSPS) is 13.1. The van der Waals surface area contributed by atoms with E-state index in [1.54, 1.807) is 13.8 Å². The van der Waals surface area contributed by atoms with Gasteiger partial charge in [-0.05, 0) is 5.92 Å². The highest BCUT2D eigenvalue weighted by molar-refractivity contribution is 5.87. The summed E-state index contributed by atoms with van der Waals surface area (Å²) in [5.74, 6) is -1.80. The van der Waals surface area contributed by atoms with Crippen molar-refractivity contribution in [2.24, 2.45) is 17.4 Å². The van der Waals surface area contributed by atoms with Crippen molar-refractivity contribution in [3.63, 3.8) is 0 Å². The smallest absolute Gasteiger partial charge is 0.326 e. The van der Waals surface area contributed by atoms with Gasteiger partial charge in [0, 0.05) is 6.54 Å². The molecule has 6 nitrogen and oxygen atoms in total. The van der Waals surface area contributed by atoms with Gasteiger partial charge in [-0.3, -0.25) is 4.79 Å². The van der Waals surface area contributed by atoms with Crippen LogP contribution in [0.2, 0.25) is 0 Å². The van der Waals surface area contributed by atoms with Gasteiger partial charge in [-0.25, -0.2) is 4.79 Å². The van der Waals surface area contributed by atoms with Crippen molar-refractivity contribution >= 4 is 36.7 Å². The van der Waals surface area contributed by atoms with Crippen molar-refractivity contribution in [2.45, 2.75) is 25.9 Å². The zero-order chi connectivity index (χ0) is 11.3. The monoisotopic (exact) mass is 275 g/mol. The molecule has 6 N–H and O–H groups in total. The summed E-state index contributed by atoms with van der Waals surface area (Å²) in [6.07, 6.45) is 0. The van der Waals surface area contributed by atoms with Gasteiger partial charge in [0.2, 0.25) is 5.91 Å². The standard InChI is InChI=1S/C8H17N3O3.2ClH/c1-4(2)6(8(13)14)11-7(12)5(10)3-9;;/h4-6H,3,9-10H2,1-2H3,(H,11,12)(H,13,14);2*1H/t5-,6-;;/m0../s1. The number of carboxylic acids is 1. The van der Waals surface area contributed by atoms with Crippen LogP contribution in [0, 0.1) is 5.92 Å². The highest BCUT2D eigenvalue weighted by Gasteiger charge is 2.25. The predicted octanol–water partition coefficient (Wildman–Crippen LogP) is -0.659. The molecule has 0 fully saturated rings. The fourth-order valence-corrected chi connectivity index (χ4v) is 0.881. The minimum atomic E-state index is -1.07. The molecule has 0 aromatic rings. The quantitative estimate of drug-likeness (QED) is 0.531. The Morgan fingerprint density at radius 2 is 1.75 bits per heavy atom. The third-order valence-corrected chi connectivity index (χ3v) is 1.82. The SMILES string of the molecule is CC(C)[C@H](NC(=O)[C@@H](N)CN)C(=O)O.Cl.Cl. The fraction of sp³-hybridized carbons (Fsp3) is 0.750. The van der Waals surface area contributed by atoms with E-state index < -0.39 is 24.0 Å². The molecule has 0 aliphatic heterocycles. The van der Waals surface area contributed by atoms with Gasteiger partial charge in [-0.15, -0.1) is 24.8 Å². The second-order valence-corrected chi connectivity index (χ2v) is 3.41. The number of amides is 1. The Kier molecular flexibility index (Phi) is 12.5. The first-order chi connectivity index (χ1) is 6.40. The number of halogens is 2. The summed E-state index contributed by atoms with van der Waals surface area (Å²) in [4.78, 5) is 21.9. The molecule has 0 aliphatic rings. The first-order valence-electron chi connectivity index (χ1n) is 4.39. The molecule has 1 amide bonds. The van der Waals surface area contributed by atoms with Crippen LogP contribution in [-0.2, 0) is 9.59 Å². The number of nitrogens with one attached hydrogen (secondary N) is 1. The summed E-state index contributed by atoms with van der Waals surface area (Å²) in [6, 6.07) is -1.77. The van der Waals surface area contributed by atoms with Crippen LogP contribution in [0.15, 0.2) is 0 Å². The van der Waals surface area contributed by atoms with Crippen LogP contribution in [0.25, 0.3) is 0 Å². The Labute approximate surface area is 107 Å². The number of carbonyl (C=O) groups excluding carboxylic acids is 1. The molecule has 16 heavy (non-hydrogen) atoms. The highest BCUT2D eigenvalue weighted by Crippen LogP contribution is 2.01. The summed E-state index contributed by atoms with van der Waals surface area (Å²) in [5, 5.41) is 11.1. The van der Waals surface area contributed by atoms with Gasteiger partial charge in [0.1, 0.15) is 6.04 Å². The van der Waals surface area contributed by atoms with Crippen LogP contribution in [0.3, 0.4) is 0 Å². The summed E-state index contributed by atoms with van der Waals surface area (Å²) < 4.78 is 0. The zero-order valence-electron chi connectivity index (χ0n) is 9.17. The van der Waals surface area contributed by atoms with E-state index >= 15 is 0 Å². The second-order valence-electron chi connectivity index (χ2n) is 3.41. The molecule has 0 aromatic carbocycles. The zero-order valence-corrected chi connectivity index (χ0v) is 10.8. The number of rotatable bonds is 5. The average molecular weight is 276 g/mol. The molecule has 0 bridgehead atoms. The van der Waals surface area contributed by atoms with Crippen molar-refractivity contribution in [1.29, 1.82) is 0 Å². The lowest BCUT2D eigenvalue weighted by Gasteiger charge is -2.19. The lowest BCUT2D eigenvalue weighted by atomic mass is 10.0. The Morgan fingerprint density at radius 3 is 2.00 bits per heavy atom. The van der Waals surface area contributed by atoms with Gasteiger partial charge in [-0.2, -0.15) is 0 Å². The van der Waals surface area contributed by atoms with E-state index in [4.69, 9.17) is 16.6 Å². The maximum atomic E-state index is 11.2. The summed E-state index contributed by atoms with van der Waals surface area (Å²) >= 11 is 0. The van der Waals surface area contributed by atoms with E-state index in [9.17, 15) is 9.59 Å². The molecule has 2 atom stereocenters.